The quantitative estimate of drug-likeness (QED) is 0.727. The summed E-state index contributed by atoms with van der Waals surface area (Å²) < 4.78 is 0. The number of aromatic nitrogens is 2. The van der Waals surface area contributed by atoms with Gasteiger partial charge in [-0.25, -0.2) is 9.97 Å². The van der Waals surface area contributed by atoms with Crippen molar-refractivity contribution in [1.82, 2.24) is 9.97 Å². The highest BCUT2D eigenvalue weighted by Gasteiger charge is 2.23. The monoisotopic (exact) mass is 198 g/mol. The second-order valence-electron chi connectivity index (χ2n) is 3.06. The second-order valence-corrected chi connectivity index (χ2v) is 3.41. The minimum absolute atomic E-state index is 0.459. The molecular weight excluding hydrogens is 188 g/mol. The first-order chi connectivity index (χ1) is 6.31. The molecule has 0 bridgehead atoms. The molecule has 0 atom stereocenters. The van der Waals surface area contributed by atoms with Crippen LogP contribution in [0.5, 0.6) is 0 Å². The first kappa shape index (κ1) is 8.56. The molecule has 5 heteroatoms. The van der Waals surface area contributed by atoms with Gasteiger partial charge in [-0.2, -0.15) is 0 Å². The Morgan fingerprint density at radius 2 is 2.23 bits per heavy atom. The zero-order valence-electron chi connectivity index (χ0n) is 7.34. The molecule has 4 nitrogen and oxygen atoms in total. The molecular formula is C8H11ClN4. The maximum absolute atomic E-state index is 5.88. The summed E-state index contributed by atoms with van der Waals surface area (Å²) >= 11 is 5.88. The van der Waals surface area contributed by atoms with Gasteiger partial charge in [0.25, 0.3) is 0 Å². The molecule has 0 amide bonds. The Morgan fingerprint density at radius 1 is 1.46 bits per heavy atom. The van der Waals surface area contributed by atoms with E-state index in [9.17, 15) is 0 Å². The third-order valence-corrected chi connectivity index (χ3v) is 2.26. The molecule has 0 radical (unpaired) electrons. The molecule has 2 rings (SSSR count). The van der Waals surface area contributed by atoms with Crippen LogP contribution in [-0.2, 0) is 0 Å². The molecule has 0 unspecified atom stereocenters. The number of hydrogen-bond donors (Lipinski definition) is 2. The van der Waals surface area contributed by atoms with E-state index in [0.29, 0.717) is 11.2 Å². The first-order valence-electron chi connectivity index (χ1n) is 4.26. The summed E-state index contributed by atoms with van der Waals surface area (Å²) in [7, 11) is 1.81. The predicted molar refractivity (Wildman–Crippen MR) is 53.2 cm³/mol. The lowest BCUT2D eigenvalue weighted by Gasteiger charge is -2.09. The number of anilines is 2. The van der Waals surface area contributed by atoms with Gasteiger partial charge in [-0.1, -0.05) is 11.6 Å². The van der Waals surface area contributed by atoms with Crippen molar-refractivity contribution in [3.05, 3.63) is 11.5 Å². The van der Waals surface area contributed by atoms with Crippen molar-refractivity contribution < 1.29 is 0 Å². The normalized spacial score (nSPS) is 15.5. The van der Waals surface area contributed by atoms with Gasteiger partial charge in [0.1, 0.15) is 12.0 Å². The SMILES string of the molecule is CNc1c(Cl)ncnc1NC1CC1. The molecule has 1 aromatic heterocycles. The summed E-state index contributed by atoms with van der Waals surface area (Å²) in [5.74, 6) is 0.796. The number of hydrogen-bond acceptors (Lipinski definition) is 4. The van der Waals surface area contributed by atoms with Crippen molar-refractivity contribution in [2.75, 3.05) is 17.7 Å². The van der Waals surface area contributed by atoms with Crippen LogP contribution in [0.3, 0.4) is 0 Å². The van der Waals surface area contributed by atoms with Gasteiger partial charge in [0.05, 0.1) is 0 Å². The Morgan fingerprint density at radius 3 is 2.85 bits per heavy atom. The van der Waals surface area contributed by atoms with E-state index < -0.39 is 0 Å². The van der Waals surface area contributed by atoms with E-state index in [-0.39, 0.29) is 0 Å². The third kappa shape index (κ3) is 1.83. The molecule has 70 valence electrons. The average Bonchev–Trinajstić information content (AvgIpc) is 2.89. The van der Waals surface area contributed by atoms with Gasteiger partial charge in [-0.15, -0.1) is 0 Å². The van der Waals surface area contributed by atoms with Crippen LogP contribution in [0.2, 0.25) is 5.15 Å². The Labute approximate surface area is 81.7 Å². The minimum atomic E-state index is 0.459. The molecule has 1 aliphatic carbocycles. The fourth-order valence-electron chi connectivity index (χ4n) is 1.12. The molecule has 1 heterocycles. The molecule has 0 spiro atoms. The average molecular weight is 199 g/mol. The smallest absolute Gasteiger partial charge is 0.157 e. The van der Waals surface area contributed by atoms with Crippen LogP contribution < -0.4 is 10.6 Å². The Kier molecular flexibility index (Phi) is 2.22. The Balaban J connectivity index is 2.25. The van der Waals surface area contributed by atoms with Crippen LogP contribution in [0.15, 0.2) is 6.33 Å². The van der Waals surface area contributed by atoms with E-state index in [4.69, 9.17) is 11.6 Å². The van der Waals surface area contributed by atoms with Crippen LogP contribution in [0.4, 0.5) is 11.5 Å². The molecule has 0 aliphatic heterocycles. The fourth-order valence-corrected chi connectivity index (χ4v) is 1.34. The summed E-state index contributed by atoms with van der Waals surface area (Å²) in [6.07, 6.45) is 3.89. The molecule has 2 N–H and O–H groups in total. The van der Waals surface area contributed by atoms with Gasteiger partial charge >= 0.3 is 0 Å². The van der Waals surface area contributed by atoms with Gasteiger partial charge in [0.2, 0.25) is 0 Å². The number of nitrogens with one attached hydrogen (secondary N) is 2. The fraction of sp³-hybridized carbons (Fsp3) is 0.500. The van der Waals surface area contributed by atoms with Crippen molar-refractivity contribution in [2.45, 2.75) is 18.9 Å². The molecule has 0 aromatic carbocycles. The van der Waals surface area contributed by atoms with Crippen LogP contribution in [0.1, 0.15) is 12.8 Å². The molecule has 0 saturated heterocycles. The van der Waals surface area contributed by atoms with Crippen molar-refractivity contribution in [2.24, 2.45) is 0 Å². The zero-order chi connectivity index (χ0) is 9.26. The maximum Gasteiger partial charge on any atom is 0.157 e. The lowest BCUT2D eigenvalue weighted by molar-refractivity contribution is 1.08. The first-order valence-corrected chi connectivity index (χ1v) is 4.64. The van der Waals surface area contributed by atoms with E-state index in [1.54, 1.807) is 0 Å². The summed E-state index contributed by atoms with van der Waals surface area (Å²) in [4.78, 5) is 8.01. The van der Waals surface area contributed by atoms with E-state index in [1.807, 2.05) is 7.05 Å². The van der Waals surface area contributed by atoms with Crippen LogP contribution in [0.25, 0.3) is 0 Å². The van der Waals surface area contributed by atoms with E-state index >= 15 is 0 Å². The van der Waals surface area contributed by atoms with Crippen LogP contribution in [0, 0.1) is 0 Å². The van der Waals surface area contributed by atoms with Crippen molar-refractivity contribution in [1.29, 1.82) is 0 Å². The lowest BCUT2D eigenvalue weighted by Crippen LogP contribution is -2.07. The van der Waals surface area contributed by atoms with Crippen LogP contribution in [-0.4, -0.2) is 23.1 Å². The maximum atomic E-state index is 5.88. The van der Waals surface area contributed by atoms with Crippen molar-refractivity contribution in [3.8, 4) is 0 Å². The summed E-state index contributed by atoms with van der Waals surface area (Å²) in [5, 5.41) is 6.71. The summed E-state index contributed by atoms with van der Waals surface area (Å²) in [6.45, 7) is 0. The number of rotatable bonds is 3. The molecule has 1 aliphatic rings. The van der Waals surface area contributed by atoms with Gasteiger partial charge in [0.15, 0.2) is 11.0 Å². The second kappa shape index (κ2) is 3.38. The number of nitrogens with zero attached hydrogens (tertiary/aromatic N) is 2. The highest BCUT2D eigenvalue weighted by molar-refractivity contribution is 6.32. The Hall–Kier alpha value is -1.03. The summed E-state index contributed by atoms with van der Waals surface area (Å²) in [5.41, 5.74) is 0.774. The number of halogens is 1. The molecule has 1 saturated carbocycles. The molecule has 1 fully saturated rings. The van der Waals surface area contributed by atoms with Gasteiger partial charge < -0.3 is 10.6 Å². The van der Waals surface area contributed by atoms with Crippen LogP contribution >= 0.6 is 11.6 Å². The highest BCUT2D eigenvalue weighted by Crippen LogP contribution is 2.30. The Bertz CT molecular complexity index is 311. The summed E-state index contributed by atoms with van der Waals surface area (Å²) in [6, 6.07) is 0.568. The lowest BCUT2D eigenvalue weighted by atomic mass is 10.4. The zero-order valence-corrected chi connectivity index (χ0v) is 8.10. The van der Waals surface area contributed by atoms with Crippen molar-refractivity contribution in [3.63, 3.8) is 0 Å². The molecule has 1 aromatic rings. The largest absolute Gasteiger partial charge is 0.383 e. The van der Waals surface area contributed by atoms with E-state index in [0.717, 1.165) is 11.5 Å². The van der Waals surface area contributed by atoms with E-state index in [2.05, 4.69) is 20.6 Å². The highest BCUT2D eigenvalue weighted by atomic mass is 35.5. The topological polar surface area (TPSA) is 49.8 Å². The van der Waals surface area contributed by atoms with Gasteiger partial charge in [-0.3, -0.25) is 0 Å². The van der Waals surface area contributed by atoms with Crippen molar-refractivity contribution >= 4 is 23.1 Å². The third-order valence-electron chi connectivity index (χ3n) is 1.97. The van der Waals surface area contributed by atoms with E-state index in [1.165, 1.54) is 19.2 Å². The van der Waals surface area contributed by atoms with Gasteiger partial charge in [0, 0.05) is 13.1 Å². The minimum Gasteiger partial charge on any atom is -0.383 e. The predicted octanol–water partition coefficient (Wildman–Crippen LogP) is 1.75. The molecule has 13 heavy (non-hydrogen) atoms. The van der Waals surface area contributed by atoms with Gasteiger partial charge in [-0.05, 0) is 12.8 Å². The standard InChI is InChI=1S/C8H11ClN4/c1-10-6-7(9)11-4-12-8(6)13-5-2-3-5/h4-5,10H,2-3H2,1H3,(H,11,12,13).